The average molecular weight is 463 g/mol. The molecule has 0 unspecified atom stereocenters. The molecular formula is C25H23FN4O2S. The van der Waals surface area contributed by atoms with Gasteiger partial charge in [0.1, 0.15) is 17.6 Å². The fraction of sp³-hybridized carbons (Fsp3) is 0.280. The second-order valence-electron chi connectivity index (χ2n) is 8.18. The number of halogens is 1. The highest BCUT2D eigenvalue weighted by Crippen LogP contribution is 2.33. The third-order valence-corrected chi connectivity index (χ3v) is 6.85. The van der Waals surface area contributed by atoms with E-state index in [0.717, 1.165) is 41.1 Å². The number of aromatic nitrogens is 3. The molecule has 0 aliphatic carbocycles. The lowest BCUT2D eigenvalue weighted by atomic mass is 10.0. The number of carbonyl (C=O) groups excluding carboxylic acids is 1. The number of hydrogen-bond acceptors (Lipinski definition) is 6. The SMILES string of the molecule is Cc1ncsc1-c1ccc(C(=O)N2CCCC[C@H]2c2ncc(Cc3ccc(F)cc3)o2)cn1. The number of amides is 1. The van der Waals surface area contributed by atoms with Gasteiger partial charge in [-0.25, -0.2) is 14.4 Å². The normalized spacial score (nSPS) is 16.2. The number of hydrogen-bond donors (Lipinski definition) is 0. The van der Waals surface area contributed by atoms with Gasteiger partial charge in [-0.15, -0.1) is 11.3 Å². The first-order valence-electron chi connectivity index (χ1n) is 10.9. The zero-order chi connectivity index (χ0) is 22.8. The van der Waals surface area contributed by atoms with Gasteiger partial charge < -0.3 is 9.32 Å². The van der Waals surface area contributed by atoms with Crippen LogP contribution < -0.4 is 0 Å². The molecular weight excluding hydrogens is 439 g/mol. The summed E-state index contributed by atoms with van der Waals surface area (Å²) in [6, 6.07) is 9.82. The summed E-state index contributed by atoms with van der Waals surface area (Å²) in [5.41, 5.74) is 5.04. The first-order chi connectivity index (χ1) is 16.1. The molecule has 1 aliphatic rings. The Labute approximate surface area is 195 Å². The van der Waals surface area contributed by atoms with Gasteiger partial charge in [-0.05, 0) is 56.0 Å². The van der Waals surface area contributed by atoms with Gasteiger partial charge in [0.25, 0.3) is 5.91 Å². The Hall–Kier alpha value is -3.39. The molecule has 0 saturated carbocycles. The monoisotopic (exact) mass is 462 g/mol. The highest BCUT2D eigenvalue weighted by molar-refractivity contribution is 7.13. The molecule has 6 nitrogen and oxygen atoms in total. The smallest absolute Gasteiger partial charge is 0.256 e. The topological polar surface area (TPSA) is 72.1 Å². The van der Waals surface area contributed by atoms with Crippen LogP contribution in [0.2, 0.25) is 0 Å². The number of likely N-dealkylation sites (tertiary alicyclic amines) is 1. The molecule has 4 heterocycles. The Bertz CT molecular complexity index is 1250. The highest BCUT2D eigenvalue weighted by atomic mass is 32.1. The van der Waals surface area contributed by atoms with Crippen LogP contribution in [0.5, 0.6) is 0 Å². The van der Waals surface area contributed by atoms with Crippen LogP contribution in [0.4, 0.5) is 4.39 Å². The van der Waals surface area contributed by atoms with Crippen molar-refractivity contribution in [3.05, 3.63) is 88.6 Å². The molecule has 1 fully saturated rings. The van der Waals surface area contributed by atoms with Crippen molar-refractivity contribution in [2.45, 2.75) is 38.6 Å². The van der Waals surface area contributed by atoms with E-state index in [9.17, 15) is 9.18 Å². The summed E-state index contributed by atoms with van der Waals surface area (Å²) in [6.45, 7) is 2.60. The maximum atomic E-state index is 13.3. The molecule has 168 valence electrons. The Morgan fingerprint density at radius 2 is 1.97 bits per heavy atom. The van der Waals surface area contributed by atoms with Gasteiger partial charge in [-0.3, -0.25) is 9.78 Å². The van der Waals surface area contributed by atoms with Crippen LogP contribution in [0.25, 0.3) is 10.6 Å². The predicted octanol–water partition coefficient (Wildman–Crippen LogP) is 5.60. The first-order valence-corrected chi connectivity index (χ1v) is 11.8. The van der Waals surface area contributed by atoms with Crippen molar-refractivity contribution in [1.82, 2.24) is 19.9 Å². The minimum atomic E-state index is -0.266. The summed E-state index contributed by atoms with van der Waals surface area (Å²) >= 11 is 1.54. The Morgan fingerprint density at radius 1 is 1.12 bits per heavy atom. The molecule has 33 heavy (non-hydrogen) atoms. The molecule has 0 N–H and O–H groups in total. The van der Waals surface area contributed by atoms with Crippen LogP contribution in [-0.4, -0.2) is 32.3 Å². The number of aryl methyl sites for hydroxylation is 1. The zero-order valence-electron chi connectivity index (χ0n) is 18.2. The molecule has 1 aromatic carbocycles. The number of rotatable bonds is 5. The summed E-state index contributed by atoms with van der Waals surface area (Å²) in [5, 5.41) is 0. The molecule has 8 heteroatoms. The van der Waals surface area contributed by atoms with E-state index in [1.165, 1.54) is 23.5 Å². The lowest BCUT2D eigenvalue weighted by molar-refractivity contribution is 0.0569. The number of thiazole rings is 1. The van der Waals surface area contributed by atoms with E-state index in [1.54, 1.807) is 30.0 Å². The zero-order valence-corrected chi connectivity index (χ0v) is 19.0. The van der Waals surface area contributed by atoms with Crippen LogP contribution in [0.1, 0.15) is 58.6 Å². The Morgan fingerprint density at radius 3 is 2.70 bits per heavy atom. The lowest BCUT2D eigenvalue weighted by Gasteiger charge is -2.33. The maximum Gasteiger partial charge on any atom is 0.256 e. The number of nitrogens with zero attached hydrogens (tertiary/aromatic N) is 4. The molecule has 1 amide bonds. The molecule has 4 aromatic rings. The summed E-state index contributed by atoms with van der Waals surface area (Å²) in [7, 11) is 0. The quantitative estimate of drug-likeness (QED) is 0.386. The van der Waals surface area contributed by atoms with E-state index in [0.29, 0.717) is 30.2 Å². The highest BCUT2D eigenvalue weighted by Gasteiger charge is 2.32. The van der Waals surface area contributed by atoms with Gasteiger partial charge in [-0.1, -0.05) is 12.1 Å². The number of benzene rings is 1. The van der Waals surface area contributed by atoms with Gasteiger partial charge in [0, 0.05) is 19.2 Å². The maximum absolute atomic E-state index is 13.3. The molecule has 1 atom stereocenters. The molecule has 0 spiro atoms. The van der Waals surface area contributed by atoms with Crippen LogP contribution in [0, 0.1) is 12.7 Å². The Balaban J connectivity index is 1.33. The predicted molar refractivity (Wildman–Crippen MR) is 123 cm³/mol. The largest absolute Gasteiger partial charge is 0.443 e. The van der Waals surface area contributed by atoms with Crippen molar-refractivity contribution < 1.29 is 13.6 Å². The summed E-state index contributed by atoms with van der Waals surface area (Å²) < 4.78 is 19.2. The molecule has 1 saturated heterocycles. The first kappa shape index (κ1) is 21.5. The number of piperidine rings is 1. The fourth-order valence-electron chi connectivity index (χ4n) is 4.16. The van der Waals surface area contributed by atoms with Crippen LogP contribution in [0.15, 0.2) is 58.7 Å². The van der Waals surface area contributed by atoms with Gasteiger partial charge in [0.15, 0.2) is 0 Å². The van der Waals surface area contributed by atoms with Gasteiger partial charge >= 0.3 is 0 Å². The van der Waals surface area contributed by atoms with Crippen molar-refractivity contribution in [3.63, 3.8) is 0 Å². The van der Waals surface area contributed by atoms with Crippen LogP contribution in [0.3, 0.4) is 0 Å². The summed E-state index contributed by atoms with van der Waals surface area (Å²) in [4.78, 5) is 29.5. The molecule has 1 aliphatic heterocycles. The van der Waals surface area contributed by atoms with Crippen molar-refractivity contribution >= 4 is 17.2 Å². The lowest BCUT2D eigenvalue weighted by Crippen LogP contribution is -2.38. The number of oxazole rings is 1. The van der Waals surface area contributed by atoms with E-state index < -0.39 is 0 Å². The van der Waals surface area contributed by atoms with Crippen LogP contribution in [-0.2, 0) is 6.42 Å². The Kier molecular flexibility index (Phi) is 6.00. The third-order valence-electron chi connectivity index (χ3n) is 5.90. The molecule has 0 bridgehead atoms. The van der Waals surface area contributed by atoms with E-state index in [2.05, 4.69) is 15.0 Å². The van der Waals surface area contributed by atoms with Crippen molar-refractivity contribution in [3.8, 4) is 10.6 Å². The standard InChI is InChI=1S/C25H23FN4O2S/c1-16-23(33-15-29-16)21-10-7-18(13-27-21)25(31)30-11-3-2-4-22(30)24-28-14-20(32-24)12-17-5-8-19(26)9-6-17/h5-10,13-15,22H,2-4,11-12H2,1H3/t22-/m0/s1. The van der Waals surface area contributed by atoms with Crippen LogP contribution >= 0.6 is 11.3 Å². The second-order valence-corrected chi connectivity index (χ2v) is 9.03. The minimum Gasteiger partial charge on any atom is -0.443 e. The molecule has 3 aromatic heterocycles. The summed E-state index contributed by atoms with van der Waals surface area (Å²) in [5.74, 6) is 0.904. The molecule has 5 rings (SSSR count). The molecule has 0 radical (unpaired) electrons. The van der Waals surface area contributed by atoms with E-state index >= 15 is 0 Å². The second kappa shape index (κ2) is 9.23. The number of pyridine rings is 1. The van der Waals surface area contributed by atoms with Crippen molar-refractivity contribution in [2.24, 2.45) is 0 Å². The van der Waals surface area contributed by atoms with Gasteiger partial charge in [-0.2, -0.15) is 0 Å². The van der Waals surface area contributed by atoms with E-state index in [1.807, 2.05) is 24.0 Å². The van der Waals surface area contributed by atoms with Crippen molar-refractivity contribution in [2.75, 3.05) is 6.54 Å². The van der Waals surface area contributed by atoms with Crippen molar-refractivity contribution in [1.29, 1.82) is 0 Å². The van der Waals surface area contributed by atoms with Gasteiger partial charge in [0.2, 0.25) is 5.89 Å². The average Bonchev–Trinajstić information content (AvgIpc) is 3.49. The van der Waals surface area contributed by atoms with E-state index in [-0.39, 0.29) is 17.8 Å². The van der Waals surface area contributed by atoms with Gasteiger partial charge in [0.05, 0.1) is 33.5 Å². The van der Waals surface area contributed by atoms with E-state index in [4.69, 9.17) is 4.42 Å². The minimum absolute atomic E-state index is 0.0712. The third kappa shape index (κ3) is 4.57. The fourth-order valence-corrected chi connectivity index (χ4v) is 4.94. The summed E-state index contributed by atoms with van der Waals surface area (Å²) in [6.07, 6.45) is 6.61. The number of carbonyl (C=O) groups is 1.